The van der Waals surface area contributed by atoms with Crippen molar-refractivity contribution in [2.45, 2.75) is 52.0 Å². The highest BCUT2D eigenvalue weighted by molar-refractivity contribution is 5.85. The highest BCUT2D eigenvalue weighted by Gasteiger charge is 2.42. The standard InChI is InChI=1S/C16H28N2O.ClH/c1-10-8-18(9-11(10)2)16(19)14-6-12-4-3-5-13(7-14)15(12)17;/h10-15H,3-9,17H2,1-2H3;1H. The molecule has 3 rings (SSSR count). The molecule has 0 aromatic heterocycles. The summed E-state index contributed by atoms with van der Waals surface area (Å²) < 4.78 is 0. The second-order valence-corrected chi connectivity index (χ2v) is 7.39. The van der Waals surface area contributed by atoms with Gasteiger partial charge in [-0.25, -0.2) is 0 Å². The lowest BCUT2D eigenvalue weighted by molar-refractivity contribution is -0.137. The minimum Gasteiger partial charge on any atom is -0.342 e. The molecule has 3 aliphatic rings. The third-order valence-corrected chi connectivity index (χ3v) is 6.06. The molecule has 4 unspecified atom stereocenters. The van der Waals surface area contributed by atoms with Crippen LogP contribution in [0.25, 0.3) is 0 Å². The van der Waals surface area contributed by atoms with E-state index in [0.717, 1.165) is 25.9 Å². The molecule has 2 saturated carbocycles. The normalized spacial score (nSPS) is 44.0. The number of rotatable bonds is 1. The molecular weight excluding hydrogens is 272 g/mol. The van der Waals surface area contributed by atoms with Gasteiger partial charge in [0.25, 0.3) is 0 Å². The van der Waals surface area contributed by atoms with E-state index in [2.05, 4.69) is 18.7 Å². The van der Waals surface area contributed by atoms with Crippen LogP contribution in [0, 0.1) is 29.6 Å². The van der Waals surface area contributed by atoms with Crippen molar-refractivity contribution in [1.29, 1.82) is 0 Å². The van der Waals surface area contributed by atoms with E-state index < -0.39 is 0 Å². The van der Waals surface area contributed by atoms with E-state index in [9.17, 15) is 4.79 Å². The topological polar surface area (TPSA) is 46.3 Å². The fourth-order valence-electron chi connectivity index (χ4n) is 4.56. The number of carbonyl (C=O) groups is 1. The largest absolute Gasteiger partial charge is 0.342 e. The van der Waals surface area contributed by atoms with Crippen LogP contribution >= 0.6 is 12.4 Å². The van der Waals surface area contributed by atoms with Crippen molar-refractivity contribution in [1.82, 2.24) is 4.90 Å². The summed E-state index contributed by atoms with van der Waals surface area (Å²) in [5, 5.41) is 0. The number of halogens is 1. The molecule has 3 nitrogen and oxygen atoms in total. The maximum atomic E-state index is 12.7. The van der Waals surface area contributed by atoms with Crippen LogP contribution in [-0.4, -0.2) is 29.9 Å². The number of hydrogen-bond donors (Lipinski definition) is 1. The summed E-state index contributed by atoms with van der Waals surface area (Å²) >= 11 is 0. The van der Waals surface area contributed by atoms with Gasteiger partial charge in [-0.05, 0) is 49.4 Å². The van der Waals surface area contributed by atoms with Crippen LogP contribution in [0.5, 0.6) is 0 Å². The second-order valence-electron chi connectivity index (χ2n) is 7.39. The van der Waals surface area contributed by atoms with Crippen molar-refractivity contribution in [2.75, 3.05) is 13.1 Å². The molecule has 0 spiro atoms. The first kappa shape index (κ1) is 16.1. The van der Waals surface area contributed by atoms with Gasteiger partial charge in [0.1, 0.15) is 0 Å². The van der Waals surface area contributed by atoms with E-state index in [1.54, 1.807) is 0 Å². The average molecular weight is 301 g/mol. The molecule has 4 heteroatoms. The van der Waals surface area contributed by atoms with Gasteiger partial charge in [-0.15, -0.1) is 12.4 Å². The Morgan fingerprint density at radius 1 is 1.05 bits per heavy atom. The van der Waals surface area contributed by atoms with Crippen LogP contribution in [0.4, 0.5) is 0 Å². The van der Waals surface area contributed by atoms with Crippen LogP contribution in [-0.2, 0) is 4.79 Å². The van der Waals surface area contributed by atoms with Crippen LogP contribution in [0.3, 0.4) is 0 Å². The number of fused-ring (bicyclic) bond motifs is 2. The third-order valence-electron chi connectivity index (χ3n) is 6.06. The number of amides is 1. The van der Waals surface area contributed by atoms with Crippen LogP contribution in [0.2, 0.25) is 0 Å². The molecule has 4 atom stereocenters. The molecule has 2 N–H and O–H groups in total. The minimum atomic E-state index is 0. The van der Waals surface area contributed by atoms with E-state index in [-0.39, 0.29) is 18.3 Å². The van der Waals surface area contributed by atoms with E-state index in [0.29, 0.717) is 35.6 Å². The Bertz CT molecular complexity index is 338. The van der Waals surface area contributed by atoms with Crippen molar-refractivity contribution >= 4 is 18.3 Å². The van der Waals surface area contributed by atoms with Crippen molar-refractivity contribution in [3.8, 4) is 0 Å². The van der Waals surface area contributed by atoms with Crippen LogP contribution in [0.1, 0.15) is 46.0 Å². The predicted octanol–water partition coefficient (Wildman–Crippen LogP) is 2.68. The molecule has 116 valence electrons. The lowest BCUT2D eigenvalue weighted by Crippen LogP contribution is -2.49. The molecule has 2 bridgehead atoms. The Hall–Kier alpha value is -0.280. The van der Waals surface area contributed by atoms with Crippen molar-refractivity contribution in [3.05, 3.63) is 0 Å². The highest BCUT2D eigenvalue weighted by Crippen LogP contribution is 2.42. The molecule has 1 heterocycles. The SMILES string of the molecule is CC1CN(C(=O)C2CC3CCCC(C2)C3N)CC1C.Cl. The number of nitrogens with zero attached hydrogens (tertiary/aromatic N) is 1. The molecule has 0 radical (unpaired) electrons. The number of carbonyl (C=O) groups excluding carboxylic acids is 1. The molecular formula is C16H29ClN2O. The quantitative estimate of drug-likeness (QED) is 0.809. The van der Waals surface area contributed by atoms with Gasteiger partial charge < -0.3 is 10.6 Å². The first-order valence-corrected chi connectivity index (χ1v) is 8.10. The van der Waals surface area contributed by atoms with Gasteiger partial charge in [-0.3, -0.25) is 4.79 Å². The zero-order chi connectivity index (χ0) is 13.6. The molecule has 2 aliphatic carbocycles. The van der Waals surface area contributed by atoms with Crippen molar-refractivity contribution in [3.63, 3.8) is 0 Å². The minimum absolute atomic E-state index is 0. The van der Waals surface area contributed by atoms with Crippen LogP contribution < -0.4 is 5.73 Å². The Kier molecular flexibility index (Phi) is 5.01. The van der Waals surface area contributed by atoms with E-state index in [1.165, 1.54) is 19.3 Å². The van der Waals surface area contributed by atoms with Gasteiger partial charge >= 0.3 is 0 Å². The monoisotopic (exact) mass is 300 g/mol. The van der Waals surface area contributed by atoms with Gasteiger partial charge in [-0.1, -0.05) is 20.3 Å². The average Bonchev–Trinajstić information content (AvgIpc) is 2.68. The summed E-state index contributed by atoms with van der Waals surface area (Å²) in [6.07, 6.45) is 5.91. The van der Waals surface area contributed by atoms with Gasteiger partial charge in [0.05, 0.1) is 0 Å². The maximum Gasteiger partial charge on any atom is 0.225 e. The van der Waals surface area contributed by atoms with E-state index in [1.807, 2.05) is 0 Å². The molecule has 1 aliphatic heterocycles. The Morgan fingerprint density at radius 2 is 1.55 bits per heavy atom. The Labute approximate surface area is 129 Å². The molecule has 0 aromatic rings. The fourth-order valence-corrected chi connectivity index (χ4v) is 4.56. The summed E-state index contributed by atoms with van der Waals surface area (Å²) in [6.45, 7) is 6.47. The summed E-state index contributed by atoms with van der Waals surface area (Å²) in [5.41, 5.74) is 6.32. The molecule has 1 amide bonds. The van der Waals surface area contributed by atoms with Gasteiger partial charge in [0.2, 0.25) is 5.91 Å². The first-order valence-electron chi connectivity index (χ1n) is 8.10. The summed E-state index contributed by atoms with van der Waals surface area (Å²) in [6, 6.07) is 0.370. The summed E-state index contributed by atoms with van der Waals surface area (Å²) in [7, 11) is 0. The smallest absolute Gasteiger partial charge is 0.225 e. The maximum absolute atomic E-state index is 12.7. The Balaban J connectivity index is 0.00000147. The first-order chi connectivity index (χ1) is 9.06. The van der Waals surface area contributed by atoms with Crippen molar-refractivity contribution in [2.24, 2.45) is 35.3 Å². The lowest BCUT2D eigenvalue weighted by Gasteiger charge is -2.44. The summed E-state index contributed by atoms with van der Waals surface area (Å²) in [5.74, 6) is 3.24. The number of likely N-dealkylation sites (tertiary alicyclic amines) is 1. The zero-order valence-corrected chi connectivity index (χ0v) is 13.6. The van der Waals surface area contributed by atoms with Gasteiger partial charge in [0, 0.05) is 25.0 Å². The zero-order valence-electron chi connectivity index (χ0n) is 12.8. The third kappa shape index (κ3) is 2.85. The highest BCUT2D eigenvalue weighted by atomic mass is 35.5. The van der Waals surface area contributed by atoms with Gasteiger partial charge in [0.15, 0.2) is 0 Å². The molecule has 20 heavy (non-hydrogen) atoms. The van der Waals surface area contributed by atoms with Crippen LogP contribution in [0.15, 0.2) is 0 Å². The second kappa shape index (κ2) is 6.23. The lowest BCUT2D eigenvalue weighted by atomic mass is 9.65. The fraction of sp³-hybridized carbons (Fsp3) is 0.938. The van der Waals surface area contributed by atoms with Gasteiger partial charge in [-0.2, -0.15) is 0 Å². The van der Waals surface area contributed by atoms with E-state index >= 15 is 0 Å². The number of nitrogens with two attached hydrogens (primary N) is 1. The van der Waals surface area contributed by atoms with Crippen molar-refractivity contribution < 1.29 is 4.79 Å². The van der Waals surface area contributed by atoms with E-state index in [4.69, 9.17) is 5.73 Å². The predicted molar refractivity (Wildman–Crippen MR) is 83.7 cm³/mol. The molecule has 1 saturated heterocycles. The molecule has 0 aromatic carbocycles. The summed E-state index contributed by atoms with van der Waals surface area (Å²) in [4.78, 5) is 14.8. The number of hydrogen-bond acceptors (Lipinski definition) is 2. The molecule has 3 fully saturated rings. The Morgan fingerprint density at radius 3 is 2.05 bits per heavy atom.